The molecule has 0 fully saturated rings. The SMILES string of the molecule is O=C(CCn1nc(-c2cccs2)oc1=O)Nc1ccc(F)cc1Cl. The van der Waals surface area contributed by atoms with E-state index in [1.54, 1.807) is 6.07 Å². The highest BCUT2D eigenvalue weighted by Crippen LogP contribution is 2.23. The van der Waals surface area contributed by atoms with Crippen molar-refractivity contribution in [1.82, 2.24) is 9.78 Å². The van der Waals surface area contributed by atoms with Crippen LogP contribution < -0.4 is 11.1 Å². The Morgan fingerprint density at radius 2 is 2.25 bits per heavy atom. The predicted octanol–water partition coefficient (Wildman–Crippen LogP) is 3.39. The average Bonchev–Trinajstić information content (AvgIpc) is 3.17. The molecule has 2 heterocycles. The Hall–Kier alpha value is -2.45. The molecule has 124 valence electrons. The monoisotopic (exact) mass is 367 g/mol. The number of carbonyl (C=O) groups is 1. The molecule has 0 bridgehead atoms. The fourth-order valence-corrected chi connectivity index (χ4v) is 2.82. The second-order valence-electron chi connectivity index (χ2n) is 4.80. The minimum absolute atomic E-state index is 0.00990. The van der Waals surface area contributed by atoms with Gasteiger partial charge in [0.25, 0.3) is 5.89 Å². The van der Waals surface area contributed by atoms with E-state index in [-0.39, 0.29) is 29.8 Å². The first-order valence-electron chi connectivity index (χ1n) is 6.89. The highest BCUT2D eigenvalue weighted by Gasteiger charge is 2.13. The average molecular weight is 368 g/mol. The van der Waals surface area contributed by atoms with Crippen LogP contribution in [-0.4, -0.2) is 15.7 Å². The Balaban J connectivity index is 1.63. The van der Waals surface area contributed by atoms with E-state index in [9.17, 15) is 14.0 Å². The van der Waals surface area contributed by atoms with Crippen LogP contribution in [0.25, 0.3) is 10.8 Å². The van der Waals surface area contributed by atoms with Crippen molar-refractivity contribution in [3.05, 3.63) is 57.1 Å². The Bertz CT molecular complexity index is 920. The van der Waals surface area contributed by atoms with Crippen LogP contribution in [0.2, 0.25) is 5.02 Å². The number of aryl methyl sites for hydroxylation is 1. The number of anilines is 1. The fraction of sp³-hybridized carbons (Fsp3) is 0.133. The summed E-state index contributed by atoms with van der Waals surface area (Å²) in [7, 11) is 0. The highest BCUT2D eigenvalue weighted by atomic mass is 35.5. The van der Waals surface area contributed by atoms with Crippen molar-refractivity contribution in [2.75, 3.05) is 5.32 Å². The molecule has 24 heavy (non-hydrogen) atoms. The smallest absolute Gasteiger partial charge is 0.387 e. The first-order chi connectivity index (χ1) is 11.5. The molecule has 0 atom stereocenters. The Kier molecular flexibility index (Phi) is 4.77. The van der Waals surface area contributed by atoms with E-state index in [0.29, 0.717) is 5.69 Å². The van der Waals surface area contributed by atoms with Crippen LogP contribution in [-0.2, 0) is 11.3 Å². The maximum atomic E-state index is 13.0. The number of hydrogen-bond donors (Lipinski definition) is 1. The molecule has 0 spiro atoms. The summed E-state index contributed by atoms with van der Waals surface area (Å²) >= 11 is 7.23. The first kappa shape index (κ1) is 16.4. The number of hydrogen-bond acceptors (Lipinski definition) is 5. The Morgan fingerprint density at radius 3 is 2.96 bits per heavy atom. The van der Waals surface area contributed by atoms with Crippen molar-refractivity contribution in [3.63, 3.8) is 0 Å². The highest BCUT2D eigenvalue weighted by molar-refractivity contribution is 7.13. The maximum absolute atomic E-state index is 13.0. The normalized spacial score (nSPS) is 10.8. The molecule has 0 aliphatic carbocycles. The van der Waals surface area contributed by atoms with Crippen molar-refractivity contribution in [2.24, 2.45) is 0 Å². The molecular weight excluding hydrogens is 357 g/mol. The second-order valence-corrected chi connectivity index (χ2v) is 6.15. The summed E-state index contributed by atoms with van der Waals surface area (Å²) in [6.45, 7) is 0.0539. The third kappa shape index (κ3) is 3.72. The number of nitrogens with zero attached hydrogens (tertiary/aromatic N) is 2. The third-order valence-electron chi connectivity index (χ3n) is 3.09. The molecule has 6 nitrogen and oxygen atoms in total. The van der Waals surface area contributed by atoms with Gasteiger partial charge in [0.15, 0.2) is 0 Å². The topological polar surface area (TPSA) is 77.1 Å². The zero-order chi connectivity index (χ0) is 17.1. The number of halogens is 2. The summed E-state index contributed by atoms with van der Waals surface area (Å²) in [5, 5.41) is 8.55. The van der Waals surface area contributed by atoms with E-state index in [2.05, 4.69) is 10.4 Å². The molecule has 0 saturated carbocycles. The number of rotatable bonds is 5. The van der Waals surface area contributed by atoms with Crippen LogP contribution in [0.5, 0.6) is 0 Å². The van der Waals surface area contributed by atoms with Gasteiger partial charge >= 0.3 is 5.76 Å². The van der Waals surface area contributed by atoms with Gasteiger partial charge in [-0.25, -0.2) is 9.18 Å². The Morgan fingerprint density at radius 1 is 1.42 bits per heavy atom. The molecule has 0 saturated heterocycles. The molecule has 0 aliphatic heterocycles. The molecule has 1 aromatic carbocycles. The number of carbonyl (C=O) groups excluding carboxylic acids is 1. The summed E-state index contributed by atoms with van der Waals surface area (Å²) in [6.07, 6.45) is -0.00990. The first-order valence-corrected chi connectivity index (χ1v) is 8.15. The van der Waals surface area contributed by atoms with Crippen LogP contribution in [0.1, 0.15) is 6.42 Å². The van der Waals surface area contributed by atoms with Gasteiger partial charge in [0.1, 0.15) is 5.82 Å². The van der Waals surface area contributed by atoms with Gasteiger partial charge in [-0.05, 0) is 29.6 Å². The lowest BCUT2D eigenvalue weighted by molar-refractivity contribution is -0.116. The Labute approximate surface area is 144 Å². The molecule has 3 rings (SSSR count). The van der Waals surface area contributed by atoms with Gasteiger partial charge in [0.05, 0.1) is 22.1 Å². The lowest BCUT2D eigenvalue weighted by Gasteiger charge is -2.06. The van der Waals surface area contributed by atoms with Crippen LogP contribution >= 0.6 is 22.9 Å². The van der Waals surface area contributed by atoms with E-state index in [0.717, 1.165) is 15.6 Å². The molecule has 1 amide bonds. The van der Waals surface area contributed by atoms with Crippen molar-refractivity contribution >= 4 is 34.5 Å². The van der Waals surface area contributed by atoms with Gasteiger partial charge in [-0.3, -0.25) is 4.79 Å². The lowest BCUT2D eigenvalue weighted by Crippen LogP contribution is -2.21. The van der Waals surface area contributed by atoms with E-state index < -0.39 is 11.6 Å². The van der Waals surface area contributed by atoms with Crippen molar-refractivity contribution in [2.45, 2.75) is 13.0 Å². The molecular formula is C15H11ClFN3O3S. The van der Waals surface area contributed by atoms with Crippen molar-refractivity contribution < 1.29 is 13.6 Å². The third-order valence-corrected chi connectivity index (χ3v) is 4.26. The van der Waals surface area contributed by atoms with E-state index in [1.807, 2.05) is 11.4 Å². The summed E-state index contributed by atoms with van der Waals surface area (Å²) < 4.78 is 19.1. The summed E-state index contributed by atoms with van der Waals surface area (Å²) in [5.41, 5.74) is 0.301. The van der Waals surface area contributed by atoms with Gasteiger partial charge in [0.2, 0.25) is 5.91 Å². The zero-order valence-corrected chi connectivity index (χ0v) is 13.7. The van der Waals surface area contributed by atoms with Crippen LogP contribution in [0.4, 0.5) is 10.1 Å². The quantitative estimate of drug-likeness (QED) is 0.749. The molecule has 0 aliphatic rings. The van der Waals surface area contributed by atoms with E-state index >= 15 is 0 Å². The summed E-state index contributed by atoms with van der Waals surface area (Å²) in [4.78, 5) is 24.4. The zero-order valence-electron chi connectivity index (χ0n) is 12.2. The van der Waals surface area contributed by atoms with Crippen LogP contribution in [0, 0.1) is 5.82 Å². The largest absolute Gasteiger partial charge is 0.437 e. The van der Waals surface area contributed by atoms with Crippen LogP contribution in [0.15, 0.2) is 44.9 Å². The van der Waals surface area contributed by atoms with Gasteiger partial charge in [-0.1, -0.05) is 17.7 Å². The molecule has 0 radical (unpaired) electrons. The predicted molar refractivity (Wildman–Crippen MR) is 88.7 cm³/mol. The number of aromatic nitrogens is 2. The van der Waals surface area contributed by atoms with Gasteiger partial charge < -0.3 is 9.73 Å². The fourth-order valence-electron chi connectivity index (χ4n) is 1.96. The molecule has 1 N–H and O–H groups in total. The maximum Gasteiger partial charge on any atom is 0.437 e. The number of nitrogens with one attached hydrogen (secondary N) is 1. The van der Waals surface area contributed by atoms with Gasteiger partial charge in [0, 0.05) is 6.42 Å². The molecule has 2 aromatic heterocycles. The van der Waals surface area contributed by atoms with E-state index in [1.165, 1.54) is 23.5 Å². The standard InChI is InChI=1S/C15H11ClFN3O3S/c16-10-8-9(17)3-4-11(10)18-13(21)5-6-20-15(22)23-14(19-20)12-2-1-7-24-12/h1-4,7-8H,5-6H2,(H,18,21). The van der Waals surface area contributed by atoms with Gasteiger partial charge in [-0.2, -0.15) is 4.68 Å². The minimum atomic E-state index is -0.633. The minimum Gasteiger partial charge on any atom is -0.387 e. The van der Waals surface area contributed by atoms with Crippen molar-refractivity contribution in [3.8, 4) is 10.8 Å². The van der Waals surface area contributed by atoms with E-state index in [4.69, 9.17) is 16.0 Å². The van der Waals surface area contributed by atoms with Crippen molar-refractivity contribution in [1.29, 1.82) is 0 Å². The number of benzene rings is 1. The molecule has 3 aromatic rings. The molecule has 0 unspecified atom stereocenters. The second kappa shape index (κ2) is 6.98. The lowest BCUT2D eigenvalue weighted by atomic mass is 10.3. The molecule has 9 heteroatoms. The summed E-state index contributed by atoms with van der Waals surface area (Å²) in [5.74, 6) is -1.28. The number of thiophene rings is 1. The van der Waals surface area contributed by atoms with Crippen LogP contribution in [0.3, 0.4) is 0 Å². The number of amides is 1. The van der Waals surface area contributed by atoms with Gasteiger partial charge in [-0.15, -0.1) is 16.4 Å². The summed E-state index contributed by atoms with van der Waals surface area (Å²) in [6, 6.07) is 7.26.